The van der Waals surface area contributed by atoms with Gasteiger partial charge in [0.2, 0.25) is 5.91 Å². The number of para-hydroxylation sites is 1. The minimum atomic E-state index is -0.136. The zero-order valence-electron chi connectivity index (χ0n) is 21.3. The summed E-state index contributed by atoms with van der Waals surface area (Å²) in [5, 5.41) is 6.43. The van der Waals surface area contributed by atoms with Gasteiger partial charge in [0.25, 0.3) is 5.91 Å². The molecular weight excluding hydrogens is 450 g/mol. The summed E-state index contributed by atoms with van der Waals surface area (Å²) < 4.78 is 0. The number of amides is 2. The molecule has 2 N–H and O–H groups in total. The van der Waals surface area contributed by atoms with Crippen LogP contribution in [-0.2, 0) is 9.59 Å². The SMILES string of the molecule is CN(C)CCN(C)CC(=O)N(C)c1ccc(N/C(=C2\C(=O)Nc3ccccc32)c2ccccc2)cc1. The van der Waals surface area contributed by atoms with E-state index in [0.29, 0.717) is 12.1 Å². The third-order valence-electron chi connectivity index (χ3n) is 6.22. The van der Waals surface area contributed by atoms with Crippen LogP contribution in [-0.4, -0.2) is 69.4 Å². The summed E-state index contributed by atoms with van der Waals surface area (Å²) in [6.07, 6.45) is 0. The maximum atomic E-state index is 13.0. The number of hydrogen-bond donors (Lipinski definition) is 2. The molecule has 0 aromatic heterocycles. The molecule has 1 aliphatic heterocycles. The van der Waals surface area contributed by atoms with Gasteiger partial charge >= 0.3 is 0 Å². The standard InChI is InChI=1S/C29H33N5O2/c1-32(2)18-19-33(3)20-26(35)34(4)23-16-14-22(15-17-23)30-28(21-10-6-5-7-11-21)27-24-12-8-9-13-25(24)31-29(27)36/h5-17,30H,18-20H2,1-4H3,(H,31,36)/b28-27-. The lowest BCUT2D eigenvalue weighted by Crippen LogP contribution is -2.39. The second kappa shape index (κ2) is 11.2. The molecule has 1 aliphatic rings. The Morgan fingerprint density at radius 3 is 2.19 bits per heavy atom. The quantitative estimate of drug-likeness (QED) is 0.449. The maximum absolute atomic E-state index is 13.0. The molecule has 2 amide bonds. The molecule has 1 heterocycles. The van der Waals surface area contributed by atoms with E-state index in [2.05, 4.69) is 15.5 Å². The van der Waals surface area contributed by atoms with Crippen molar-refractivity contribution in [2.75, 3.05) is 63.4 Å². The van der Waals surface area contributed by atoms with Gasteiger partial charge in [-0.2, -0.15) is 0 Å². The van der Waals surface area contributed by atoms with Crippen molar-refractivity contribution in [3.05, 3.63) is 90.0 Å². The van der Waals surface area contributed by atoms with Crippen LogP contribution in [0.4, 0.5) is 17.1 Å². The predicted molar refractivity (Wildman–Crippen MR) is 148 cm³/mol. The number of benzene rings is 3. The van der Waals surface area contributed by atoms with Crippen LogP contribution < -0.4 is 15.5 Å². The van der Waals surface area contributed by atoms with Crippen LogP contribution in [0.2, 0.25) is 0 Å². The number of fused-ring (bicyclic) bond motifs is 1. The average Bonchev–Trinajstić information content (AvgIpc) is 3.22. The number of hydrogen-bond acceptors (Lipinski definition) is 5. The molecule has 0 radical (unpaired) electrons. The van der Waals surface area contributed by atoms with Gasteiger partial charge < -0.3 is 20.4 Å². The number of carbonyl (C=O) groups is 2. The van der Waals surface area contributed by atoms with Crippen LogP contribution in [0.5, 0.6) is 0 Å². The average molecular weight is 484 g/mol. The van der Waals surface area contributed by atoms with Gasteiger partial charge in [0.1, 0.15) is 0 Å². The zero-order valence-corrected chi connectivity index (χ0v) is 21.3. The smallest absolute Gasteiger partial charge is 0.258 e. The van der Waals surface area contributed by atoms with E-state index in [9.17, 15) is 9.59 Å². The first-order chi connectivity index (χ1) is 17.3. The fourth-order valence-electron chi connectivity index (χ4n) is 4.09. The second-order valence-corrected chi connectivity index (χ2v) is 9.28. The zero-order chi connectivity index (χ0) is 25.7. The van der Waals surface area contributed by atoms with E-state index in [-0.39, 0.29) is 11.8 Å². The van der Waals surface area contributed by atoms with Crippen molar-refractivity contribution < 1.29 is 9.59 Å². The number of nitrogens with one attached hydrogen (secondary N) is 2. The third kappa shape index (κ3) is 5.82. The lowest BCUT2D eigenvalue weighted by Gasteiger charge is -2.23. The highest BCUT2D eigenvalue weighted by Gasteiger charge is 2.28. The van der Waals surface area contributed by atoms with E-state index in [1.54, 1.807) is 11.9 Å². The first kappa shape index (κ1) is 25.2. The first-order valence-corrected chi connectivity index (χ1v) is 12.0. The summed E-state index contributed by atoms with van der Waals surface area (Å²) in [5.41, 5.74) is 5.56. The molecule has 0 saturated carbocycles. The Labute approximate surface area is 213 Å². The molecule has 0 atom stereocenters. The fraction of sp³-hybridized carbons (Fsp3) is 0.241. The molecule has 0 fully saturated rings. The van der Waals surface area contributed by atoms with Crippen LogP contribution >= 0.6 is 0 Å². The van der Waals surface area contributed by atoms with Crippen molar-refractivity contribution in [1.29, 1.82) is 0 Å². The lowest BCUT2D eigenvalue weighted by molar-refractivity contribution is -0.119. The van der Waals surface area contributed by atoms with Gasteiger partial charge in [0, 0.05) is 42.8 Å². The first-order valence-electron chi connectivity index (χ1n) is 12.0. The van der Waals surface area contributed by atoms with E-state index >= 15 is 0 Å². The van der Waals surface area contributed by atoms with Crippen molar-refractivity contribution in [2.24, 2.45) is 0 Å². The van der Waals surface area contributed by atoms with Crippen LogP contribution in [0.25, 0.3) is 11.3 Å². The van der Waals surface area contributed by atoms with Gasteiger partial charge in [-0.3, -0.25) is 14.5 Å². The normalized spacial score (nSPS) is 14.0. The minimum absolute atomic E-state index is 0.0308. The lowest BCUT2D eigenvalue weighted by atomic mass is 10.00. The molecule has 3 aromatic carbocycles. The van der Waals surface area contributed by atoms with Crippen molar-refractivity contribution in [2.45, 2.75) is 0 Å². The number of likely N-dealkylation sites (N-methyl/N-ethyl adjacent to an activating group) is 3. The van der Waals surface area contributed by atoms with E-state index in [1.807, 2.05) is 105 Å². The molecule has 7 heteroatoms. The molecule has 0 saturated heterocycles. The Balaban J connectivity index is 1.55. The monoisotopic (exact) mass is 483 g/mol. The largest absolute Gasteiger partial charge is 0.354 e. The Kier molecular flexibility index (Phi) is 7.83. The van der Waals surface area contributed by atoms with Gasteiger partial charge in [0.15, 0.2) is 0 Å². The van der Waals surface area contributed by atoms with Crippen LogP contribution in [0.15, 0.2) is 78.9 Å². The molecule has 7 nitrogen and oxygen atoms in total. The minimum Gasteiger partial charge on any atom is -0.354 e. The Hall–Kier alpha value is -3.94. The van der Waals surface area contributed by atoms with Gasteiger partial charge in [-0.1, -0.05) is 48.5 Å². The van der Waals surface area contributed by atoms with Crippen molar-refractivity contribution in [1.82, 2.24) is 9.80 Å². The van der Waals surface area contributed by atoms with E-state index < -0.39 is 0 Å². The van der Waals surface area contributed by atoms with Gasteiger partial charge in [-0.15, -0.1) is 0 Å². The Bertz CT molecular complexity index is 1250. The summed E-state index contributed by atoms with van der Waals surface area (Å²) >= 11 is 0. The second-order valence-electron chi connectivity index (χ2n) is 9.28. The summed E-state index contributed by atoms with van der Waals surface area (Å²) in [4.78, 5) is 31.5. The van der Waals surface area contributed by atoms with Crippen LogP contribution in [0.1, 0.15) is 11.1 Å². The molecular formula is C29H33N5O2. The summed E-state index contributed by atoms with van der Waals surface area (Å²) in [6, 6.07) is 25.2. The molecule has 0 unspecified atom stereocenters. The summed E-state index contributed by atoms with van der Waals surface area (Å²) in [5.74, 6) is -0.105. The molecule has 0 bridgehead atoms. The van der Waals surface area contributed by atoms with E-state index in [4.69, 9.17) is 0 Å². The third-order valence-corrected chi connectivity index (χ3v) is 6.22. The van der Waals surface area contributed by atoms with E-state index in [1.165, 1.54) is 0 Å². The highest BCUT2D eigenvalue weighted by Crippen LogP contribution is 2.37. The Morgan fingerprint density at radius 2 is 1.50 bits per heavy atom. The molecule has 186 valence electrons. The topological polar surface area (TPSA) is 67.9 Å². The number of carbonyl (C=O) groups excluding carboxylic acids is 2. The molecule has 0 aliphatic carbocycles. The van der Waals surface area contributed by atoms with Gasteiger partial charge in [-0.05, 0) is 57.0 Å². The van der Waals surface area contributed by atoms with Gasteiger partial charge in [0.05, 0.1) is 17.8 Å². The summed E-state index contributed by atoms with van der Waals surface area (Å²) in [7, 11) is 7.79. The number of rotatable bonds is 9. The van der Waals surface area contributed by atoms with Crippen molar-refractivity contribution in [3.63, 3.8) is 0 Å². The molecule has 3 aromatic rings. The van der Waals surface area contributed by atoms with Crippen LogP contribution in [0, 0.1) is 0 Å². The van der Waals surface area contributed by atoms with E-state index in [0.717, 1.165) is 47.0 Å². The van der Waals surface area contributed by atoms with Crippen molar-refractivity contribution in [3.8, 4) is 0 Å². The fourth-order valence-corrected chi connectivity index (χ4v) is 4.09. The maximum Gasteiger partial charge on any atom is 0.258 e. The highest BCUT2D eigenvalue weighted by atomic mass is 16.2. The number of nitrogens with zero attached hydrogens (tertiary/aromatic N) is 3. The highest BCUT2D eigenvalue weighted by molar-refractivity contribution is 6.37. The molecule has 4 rings (SSSR count). The van der Waals surface area contributed by atoms with Crippen LogP contribution in [0.3, 0.4) is 0 Å². The Morgan fingerprint density at radius 1 is 0.833 bits per heavy atom. The molecule has 36 heavy (non-hydrogen) atoms. The van der Waals surface area contributed by atoms with Gasteiger partial charge in [-0.25, -0.2) is 0 Å². The predicted octanol–water partition coefficient (Wildman–Crippen LogP) is 4.08. The summed E-state index contributed by atoms with van der Waals surface area (Å²) in [6.45, 7) is 2.07. The van der Waals surface area contributed by atoms with Crippen molar-refractivity contribution >= 4 is 40.1 Å². The molecule has 0 spiro atoms. The number of anilines is 3.